The Labute approximate surface area is 112 Å². The molecule has 0 bridgehead atoms. The highest BCUT2D eigenvalue weighted by Gasteiger charge is 2.31. The average Bonchev–Trinajstić information content (AvgIpc) is 2.24. The molecule has 0 unspecified atom stereocenters. The van der Waals surface area contributed by atoms with Crippen LogP contribution in [0.15, 0.2) is 18.2 Å². The van der Waals surface area contributed by atoms with Crippen molar-refractivity contribution in [1.82, 2.24) is 4.98 Å². The molecule has 1 aromatic carbocycles. The fourth-order valence-corrected chi connectivity index (χ4v) is 2.31. The molecule has 1 nitrogen and oxygen atoms in total. The van der Waals surface area contributed by atoms with Gasteiger partial charge in [0.2, 0.25) is 0 Å². The maximum Gasteiger partial charge on any atom is 0.393 e. The fraction of sp³-hybridized carbons (Fsp3) is 0.250. The Morgan fingerprint density at radius 3 is 2.50 bits per heavy atom. The van der Waals surface area contributed by atoms with E-state index in [1.165, 1.54) is 0 Å². The lowest BCUT2D eigenvalue weighted by molar-refractivity contribution is -0.127. The van der Waals surface area contributed by atoms with Crippen molar-refractivity contribution in [1.29, 1.82) is 0 Å². The highest BCUT2D eigenvalue weighted by Crippen LogP contribution is 2.35. The molecule has 1 heterocycles. The van der Waals surface area contributed by atoms with Gasteiger partial charge in [-0.25, -0.2) is 4.98 Å². The summed E-state index contributed by atoms with van der Waals surface area (Å²) in [6.07, 6.45) is -5.55. The zero-order valence-corrected chi connectivity index (χ0v) is 10.8. The van der Waals surface area contributed by atoms with Crippen LogP contribution < -0.4 is 0 Å². The standard InChI is InChI=1S/C12H8Cl2F3N/c1-6-2-3-9-7(4-6)10(13)8(11(14)18-9)5-12(15,16)17/h2-4H,5H2,1H3. The van der Waals surface area contributed by atoms with Crippen molar-refractivity contribution in [2.24, 2.45) is 0 Å². The summed E-state index contributed by atoms with van der Waals surface area (Å²) in [6, 6.07) is 5.17. The van der Waals surface area contributed by atoms with Gasteiger partial charge in [-0.2, -0.15) is 13.2 Å². The first-order valence-electron chi connectivity index (χ1n) is 5.09. The first-order chi connectivity index (χ1) is 8.28. The Balaban J connectivity index is 2.67. The molecular weight excluding hydrogens is 286 g/mol. The summed E-state index contributed by atoms with van der Waals surface area (Å²) in [4.78, 5) is 3.94. The van der Waals surface area contributed by atoms with E-state index in [2.05, 4.69) is 4.98 Å². The van der Waals surface area contributed by atoms with Gasteiger partial charge in [-0.05, 0) is 19.1 Å². The predicted molar refractivity (Wildman–Crippen MR) is 66.3 cm³/mol. The third-order valence-corrected chi connectivity index (χ3v) is 3.24. The Hall–Kier alpha value is -1.00. The lowest BCUT2D eigenvalue weighted by Gasteiger charge is -2.12. The van der Waals surface area contributed by atoms with Crippen LogP contribution in [0.4, 0.5) is 13.2 Å². The van der Waals surface area contributed by atoms with Crippen molar-refractivity contribution in [2.45, 2.75) is 19.5 Å². The first-order valence-corrected chi connectivity index (χ1v) is 5.84. The lowest BCUT2D eigenvalue weighted by atomic mass is 10.1. The van der Waals surface area contributed by atoms with Gasteiger partial charge in [-0.3, -0.25) is 0 Å². The van der Waals surface area contributed by atoms with Gasteiger partial charge in [0.1, 0.15) is 5.15 Å². The second-order valence-corrected chi connectivity index (χ2v) is 4.74. The number of aromatic nitrogens is 1. The third kappa shape index (κ3) is 2.70. The highest BCUT2D eigenvalue weighted by molar-refractivity contribution is 6.39. The van der Waals surface area contributed by atoms with E-state index in [1.807, 2.05) is 6.92 Å². The molecule has 18 heavy (non-hydrogen) atoms. The van der Waals surface area contributed by atoms with E-state index in [1.54, 1.807) is 18.2 Å². The number of halogens is 5. The molecule has 0 aliphatic carbocycles. The monoisotopic (exact) mass is 293 g/mol. The van der Waals surface area contributed by atoms with Crippen LogP contribution in [0.3, 0.4) is 0 Å². The SMILES string of the molecule is Cc1ccc2nc(Cl)c(CC(F)(F)F)c(Cl)c2c1. The van der Waals surface area contributed by atoms with E-state index in [4.69, 9.17) is 23.2 Å². The largest absolute Gasteiger partial charge is 0.393 e. The number of nitrogens with zero attached hydrogens (tertiary/aromatic N) is 1. The van der Waals surface area contributed by atoms with Crippen molar-refractivity contribution >= 4 is 34.1 Å². The van der Waals surface area contributed by atoms with Gasteiger partial charge in [-0.15, -0.1) is 0 Å². The summed E-state index contributed by atoms with van der Waals surface area (Å²) in [7, 11) is 0. The van der Waals surface area contributed by atoms with Crippen molar-refractivity contribution < 1.29 is 13.2 Å². The normalized spacial score (nSPS) is 12.1. The Morgan fingerprint density at radius 1 is 1.22 bits per heavy atom. The summed E-state index contributed by atoms with van der Waals surface area (Å²) in [5.74, 6) is 0. The molecule has 0 saturated heterocycles. The molecule has 0 spiro atoms. The number of aryl methyl sites for hydroxylation is 1. The summed E-state index contributed by atoms with van der Waals surface area (Å²) in [5, 5.41) is 0.306. The van der Waals surface area contributed by atoms with Crippen LogP contribution in [-0.2, 0) is 6.42 Å². The van der Waals surface area contributed by atoms with Crippen LogP contribution in [0.1, 0.15) is 11.1 Å². The number of benzene rings is 1. The molecule has 0 fully saturated rings. The zero-order chi connectivity index (χ0) is 13.5. The van der Waals surface area contributed by atoms with E-state index in [0.29, 0.717) is 10.9 Å². The second-order valence-electron chi connectivity index (χ2n) is 4.01. The van der Waals surface area contributed by atoms with Crippen LogP contribution in [0, 0.1) is 6.92 Å². The highest BCUT2D eigenvalue weighted by atomic mass is 35.5. The molecule has 1 aromatic heterocycles. The molecule has 2 aromatic rings. The molecule has 0 atom stereocenters. The summed E-state index contributed by atoms with van der Waals surface area (Å²) in [6.45, 7) is 1.83. The average molecular weight is 294 g/mol. The number of alkyl halides is 3. The molecule has 2 rings (SSSR count). The molecule has 0 radical (unpaired) electrons. The fourth-order valence-electron chi connectivity index (χ4n) is 1.70. The smallest absolute Gasteiger partial charge is 0.236 e. The minimum absolute atomic E-state index is 0.0195. The quantitative estimate of drug-likeness (QED) is 0.678. The van der Waals surface area contributed by atoms with Gasteiger partial charge in [0.25, 0.3) is 0 Å². The maximum atomic E-state index is 12.4. The topological polar surface area (TPSA) is 12.9 Å². The Kier molecular flexibility index (Phi) is 3.43. The molecule has 0 aliphatic heterocycles. The van der Waals surface area contributed by atoms with Crippen molar-refractivity contribution in [3.05, 3.63) is 39.5 Å². The number of pyridine rings is 1. The van der Waals surface area contributed by atoms with Crippen molar-refractivity contribution in [3.63, 3.8) is 0 Å². The number of hydrogen-bond acceptors (Lipinski definition) is 1. The van der Waals surface area contributed by atoms with Crippen LogP contribution in [-0.4, -0.2) is 11.2 Å². The van der Waals surface area contributed by atoms with E-state index in [9.17, 15) is 13.2 Å². The van der Waals surface area contributed by atoms with Gasteiger partial charge in [0.15, 0.2) is 0 Å². The molecule has 0 N–H and O–H groups in total. The molecule has 96 valence electrons. The molecule has 0 saturated carbocycles. The van der Waals surface area contributed by atoms with E-state index >= 15 is 0 Å². The van der Waals surface area contributed by atoms with Gasteiger partial charge < -0.3 is 0 Å². The van der Waals surface area contributed by atoms with Crippen molar-refractivity contribution in [2.75, 3.05) is 0 Å². The van der Waals surface area contributed by atoms with E-state index in [0.717, 1.165) is 5.56 Å². The van der Waals surface area contributed by atoms with Gasteiger partial charge >= 0.3 is 6.18 Å². The molecular formula is C12H8Cl2F3N. The number of hydrogen-bond donors (Lipinski definition) is 0. The first kappa shape index (κ1) is 13.4. The van der Waals surface area contributed by atoms with Crippen molar-refractivity contribution in [3.8, 4) is 0 Å². The Bertz CT molecular complexity index is 608. The maximum absolute atomic E-state index is 12.4. The number of fused-ring (bicyclic) bond motifs is 1. The van der Waals surface area contributed by atoms with E-state index < -0.39 is 12.6 Å². The minimum atomic E-state index is -4.37. The van der Waals surface area contributed by atoms with Gasteiger partial charge in [-0.1, -0.05) is 34.8 Å². The molecule has 0 aliphatic rings. The van der Waals surface area contributed by atoms with Crippen LogP contribution in [0.5, 0.6) is 0 Å². The molecule has 0 amide bonds. The lowest BCUT2D eigenvalue weighted by Crippen LogP contribution is -2.13. The zero-order valence-electron chi connectivity index (χ0n) is 9.28. The number of rotatable bonds is 1. The molecule has 6 heteroatoms. The summed E-state index contributed by atoms with van der Waals surface area (Å²) < 4.78 is 37.3. The van der Waals surface area contributed by atoms with Gasteiger partial charge in [0, 0.05) is 10.9 Å². The summed E-state index contributed by atoms with van der Waals surface area (Å²) >= 11 is 11.8. The van der Waals surface area contributed by atoms with Crippen LogP contribution in [0.25, 0.3) is 10.9 Å². The van der Waals surface area contributed by atoms with E-state index in [-0.39, 0.29) is 15.7 Å². The minimum Gasteiger partial charge on any atom is -0.236 e. The van der Waals surface area contributed by atoms with Gasteiger partial charge in [0.05, 0.1) is 17.0 Å². The second kappa shape index (κ2) is 4.59. The van der Waals surface area contributed by atoms with Crippen LogP contribution in [0.2, 0.25) is 10.2 Å². The Morgan fingerprint density at radius 2 is 1.89 bits per heavy atom. The predicted octanol–water partition coefficient (Wildman–Crippen LogP) is 4.95. The third-order valence-electron chi connectivity index (χ3n) is 2.50. The van der Waals surface area contributed by atoms with Crippen LogP contribution >= 0.6 is 23.2 Å². The summed E-state index contributed by atoms with van der Waals surface area (Å²) in [5.41, 5.74) is 1.21.